The highest BCUT2D eigenvalue weighted by molar-refractivity contribution is 5.85. The average Bonchev–Trinajstić information content (AvgIpc) is 3.01. The van der Waals surface area contributed by atoms with Gasteiger partial charge in [0.05, 0.1) is 11.0 Å². The van der Waals surface area contributed by atoms with Gasteiger partial charge < -0.3 is 15.0 Å². The summed E-state index contributed by atoms with van der Waals surface area (Å²) in [6.07, 6.45) is 2.14. The number of aromatic nitrogens is 2. The van der Waals surface area contributed by atoms with Crippen molar-refractivity contribution in [2.24, 2.45) is 0 Å². The Morgan fingerprint density at radius 3 is 2.75 bits per heavy atom. The summed E-state index contributed by atoms with van der Waals surface area (Å²) >= 11 is 0. The number of hydrogen-bond donors (Lipinski definition) is 2. The first-order chi connectivity index (χ1) is 9.65. The standard InChI is InChI=1S/C14H17N3O3/c18-13-15-11-4-3-10(5-8-16-6-1-2-7-16)9-12(11)17(13)14(19)20/h3-4,9H,1-2,5-8H2,(H,15,18)(H,19,20). The number of fused-ring (bicyclic) bond motifs is 1. The molecule has 0 radical (unpaired) electrons. The maximum atomic E-state index is 11.6. The van der Waals surface area contributed by atoms with E-state index in [0.29, 0.717) is 11.0 Å². The third kappa shape index (κ3) is 2.34. The Labute approximate surface area is 115 Å². The summed E-state index contributed by atoms with van der Waals surface area (Å²) in [5, 5.41) is 9.08. The molecule has 0 bridgehead atoms. The van der Waals surface area contributed by atoms with Gasteiger partial charge in [-0.1, -0.05) is 6.07 Å². The summed E-state index contributed by atoms with van der Waals surface area (Å²) in [6, 6.07) is 5.51. The first-order valence-electron chi connectivity index (χ1n) is 6.84. The maximum Gasteiger partial charge on any atom is 0.420 e. The first kappa shape index (κ1) is 12.9. The second-order valence-corrected chi connectivity index (χ2v) is 5.20. The smallest absolute Gasteiger partial charge is 0.420 e. The normalized spacial score (nSPS) is 16.0. The number of benzene rings is 1. The van der Waals surface area contributed by atoms with Gasteiger partial charge in [-0.05, 0) is 50.0 Å². The van der Waals surface area contributed by atoms with Gasteiger partial charge in [0.25, 0.3) is 0 Å². The molecule has 20 heavy (non-hydrogen) atoms. The number of rotatable bonds is 3. The lowest BCUT2D eigenvalue weighted by Gasteiger charge is -2.14. The van der Waals surface area contributed by atoms with Crippen molar-refractivity contribution in [3.63, 3.8) is 0 Å². The monoisotopic (exact) mass is 275 g/mol. The van der Waals surface area contributed by atoms with Crippen LogP contribution in [0.1, 0.15) is 18.4 Å². The average molecular weight is 275 g/mol. The van der Waals surface area contributed by atoms with E-state index in [4.69, 9.17) is 5.11 Å². The highest BCUT2D eigenvalue weighted by Crippen LogP contribution is 2.15. The number of carbonyl (C=O) groups is 1. The predicted octanol–water partition coefficient (Wildman–Crippen LogP) is 1.49. The van der Waals surface area contributed by atoms with Crippen molar-refractivity contribution in [3.8, 4) is 0 Å². The Balaban J connectivity index is 1.87. The minimum atomic E-state index is -1.25. The van der Waals surface area contributed by atoms with Crippen LogP contribution in [-0.4, -0.2) is 45.3 Å². The first-order valence-corrected chi connectivity index (χ1v) is 6.84. The molecule has 0 unspecified atom stereocenters. The molecular formula is C14H17N3O3. The van der Waals surface area contributed by atoms with Crippen LogP contribution in [0.3, 0.4) is 0 Å². The van der Waals surface area contributed by atoms with Gasteiger partial charge in [0, 0.05) is 6.54 Å². The summed E-state index contributed by atoms with van der Waals surface area (Å²) in [7, 11) is 0. The Hall–Kier alpha value is -2.08. The molecule has 1 saturated heterocycles. The van der Waals surface area contributed by atoms with Crippen molar-refractivity contribution >= 4 is 17.1 Å². The van der Waals surface area contributed by atoms with E-state index in [-0.39, 0.29) is 0 Å². The second kappa shape index (κ2) is 5.13. The number of carboxylic acid groups (broad SMARTS) is 1. The van der Waals surface area contributed by atoms with Crippen molar-refractivity contribution in [2.75, 3.05) is 19.6 Å². The Kier molecular flexibility index (Phi) is 3.31. The maximum absolute atomic E-state index is 11.6. The third-order valence-corrected chi connectivity index (χ3v) is 3.85. The van der Waals surface area contributed by atoms with E-state index in [0.717, 1.165) is 36.2 Å². The minimum Gasteiger partial charge on any atom is -0.464 e. The van der Waals surface area contributed by atoms with E-state index in [9.17, 15) is 9.59 Å². The molecule has 1 fully saturated rings. The number of hydrogen-bond acceptors (Lipinski definition) is 3. The molecule has 1 aromatic heterocycles. The zero-order chi connectivity index (χ0) is 14.1. The van der Waals surface area contributed by atoms with Crippen molar-refractivity contribution in [1.82, 2.24) is 14.5 Å². The zero-order valence-corrected chi connectivity index (χ0v) is 11.1. The van der Waals surface area contributed by atoms with E-state index in [2.05, 4.69) is 9.88 Å². The number of nitrogens with one attached hydrogen (secondary N) is 1. The van der Waals surface area contributed by atoms with Gasteiger partial charge in [-0.15, -0.1) is 0 Å². The molecule has 2 N–H and O–H groups in total. The van der Waals surface area contributed by atoms with Crippen molar-refractivity contribution in [2.45, 2.75) is 19.3 Å². The minimum absolute atomic E-state index is 0.432. The van der Waals surface area contributed by atoms with Gasteiger partial charge in [0.2, 0.25) is 0 Å². The fraction of sp³-hybridized carbons (Fsp3) is 0.429. The second-order valence-electron chi connectivity index (χ2n) is 5.20. The number of aromatic amines is 1. The predicted molar refractivity (Wildman–Crippen MR) is 75.4 cm³/mol. The van der Waals surface area contributed by atoms with Gasteiger partial charge in [0.15, 0.2) is 0 Å². The van der Waals surface area contributed by atoms with Crippen LogP contribution in [0.25, 0.3) is 11.0 Å². The molecule has 6 nitrogen and oxygen atoms in total. The van der Waals surface area contributed by atoms with Crippen LogP contribution >= 0.6 is 0 Å². The molecule has 1 aliphatic rings. The van der Waals surface area contributed by atoms with Gasteiger partial charge >= 0.3 is 11.8 Å². The van der Waals surface area contributed by atoms with Crippen molar-refractivity contribution < 1.29 is 9.90 Å². The van der Waals surface area contributed by atoms with Crippen molar-refractivity contribution in [3.05, 3.63) is 34.2 Å². The van der Waals surface area contributed by atoms with Gasteiger partial charge in [-0.3, -0.25) is 0 Å². The molecule has 0 atom stereocenters. The van der Waals surface area contributed by atoms with Gasteiger partial charge in [-0.25, -0.2) is 9.59 Å². The lowest BCUT2D eigenvalue weighted by Crippen LogP contribution is -2.23. The lowest BCUT2D eigenvalue weighted by atomic mass is 10.1. The van der Waals surface area contributed by atoms with Crippen LogP contribution in [0.2, 0.25) is 0 Å². The fourth-order valence-electron chi connectivity index (χ4n) is 2.79. The summed E-state index contributed by atoms with van der Waals surface area (Å²) in [5.74, 6) is 0. The molecule has 1 aromatic carbocycles. The van der Waals surface area contributed by atoms with Crippen LogP contribution in [0.15, 0.2) is 23.0 Å². The molecular weight excluding hydrogens is 258 g/mol. The number of H-pyrrole nitrogens is 1. The zero-order valence-electron chi connectivity index (χ0n) is 11.1. The Bertz CT molecular complexity index is 695. The number of imidazole rings is 1. The van der Waals surface area contributed by atoms with Gasteiger partial charge in [0.1, 0.15) is 0 Å². The SMILES string of the molecule is O=C(O)n1c(=O)[nH]c2ccc(CCN3CCCC3)cc21. The van der Waals surface area contributed by atoms with Crippen LogP contribution in [0.5, 0.6) is 0 Å². The van der Waals surface area contributed by atoms with Crippen molar-refractivity contribution in [1.29, 1.82) is 0 Å². The molecule has 0 spiro atoms. The summed E-state index contributed by atoms with van der Waals surface area (Å²) in [6.45, 7) is 3.27. The topological polar surface area (TPSA) is 78.3 Å². The summed E-state index contributed by atoms with van der Waals surface area (Å²) in [5.41, 5.74) is 1.44. The molecule has 2 heterocycles. The van der Waals surface area contributed by atoms with E-state index >= 15 is 0 Å². The van der Waals surface area contributed by atoms with Crippen LogP contribution in [0, 0.1) is 0 Å². The van der Waals surface area contributed by atoms with E-state index in [1.807, 2.05) is 6.07 Å². The largest absolute Gasteiger partial charge is 0.464 e. The molecule has 0 saturated carbocycles. The number of nitrogens with zero attached hydrogens (tertiary/aromatic N) is 2. The molecule has 1 aliphatic heterocycles. The van der Waals surface area contributed by atoms with E-state index in [1.165, 1.54) is 12.8 Å². The van der Waals surface area contributed by atoms with Crippen LogP contribution in [-0.2, 0) is 6.42 Å². The van der Waals surface area contributed by atoms with E-state index < -0.39 is 11.8 Å². The highest BCUT2D eigenvalue weighted by Gasteiger charge is 2.14. The Morgan fingerprint density at radius 1 is 1.30 bits per heavy atom. The van der Waals surface area contributed by atoms with Crippen LogP contribution in [0.4, 0.5) is 4.79 Å². The number of likely N-dealkylation sites (tertiary alicyclic amines) is 1. The quantitative estimate of drug-likeness (QED) is 0.889. The molecule has 6 heteroatoms. The molecule has 0 aliphatic carbocycles. The molecule has 0 amide bonds. The molecule has 106 valence electrons. The molecule has 2 aromatic rings. The molecule has 3 rings (SSSR count). The third-order valence-electron chi connectivity index (χ3n) is 3.85. The van der Waals surface area contributed by atoms with Crippen LogP contribution < -0.4 is 5.69 Å². The summed E-state index contributed by atoms with van der Waals surface area (Å²) < 4.78 is 0.759. The summed E-state index contributed by atoms with van der Waals surface area (Å²) in [4.78, 5) is 27.6. The Morgan fingerprint density at radius 2 is 2.05 bits per heavy atom. The fourth-order valence-corrected chi connectivity index (χ4v) is 2.79. The highest BCUT2D eigenvalue weighted by atomic mass is 16.4. The van der Waals surface area contributed by atoms with E-state index in [1.54, 1.807) is 12.1 Å². The lowest BCUT2D eigenvalue weighted by molar-refractivity contribution is 0.196. The van der Waals surface area contributed by atoms with Gasteiger partial charge in [-0.2, -0.15) is 4.57 Å².